The number of hydrogen-bond donors (Lipinski definition) is 1. The molecule has 0 spiro atoms. The van der Waals surface area contributed by atoms with Gasteiger partial charge in [-0.05, 0) is 34.7 Å². The highest BCUT2D eigenvalue weighted by atomic mass is 127. The smallest absolute Gasteiger partial charge is 0.255 e. The van der Waals surface area contributed by atoms with E-state index in [1.165, 1.54) is 4.90 Å². The van der Waals surface area contributed by atoms with Crippen LogP contribution in [0.3, 0.4) is 0 Å². The second-order valence-electron chi connectivity index (χ2n) is 3.11. The fourth-order valence-corrected chi connectivity index (χ4v) is 1.76. The largest absolute Gasteiger partial charge is 0.368 e. The summed E-state index contributed by atoms with van der Waals surface area (Å²) in [6.07, 6.45) is 0. The molecule has 2 amide bonds. The number of benzene rings is 1. The van der Waals surface area contributed by atoms with Crippen molar-refractivity contribution in [2.45, 2.75) is 0 Å². The highest BCUT2D eigenvalue weighted by Gasteiger charge is 2.15. The Hall–Kier alpha value is -1.11. The number of primary amides is 1. The number of rotatable bonds is 3. The SMILES string of the molecule is CN(CC(N)=O)C(=O)c1ccccc1I. The van der Waals surface area contributed by atoms with Gasteiger partial charge in [0.15, 0.2) is 0 Å². The summed E-state index contributed by atoms with van der Waals surface area (Å²) in [7, 11) is 1.55. The molecule has 1 aromatic rings. The standard InChI is InChI=1S/C10H11IN2O2/c1-13(6-9(12)14)10(15)7-4-2-3-5-8(7)11/h2-5H,6H2,1H3,(H2,12,14). The van der Waals surface area contributed by atoms with Crippen molar-refractivity contribution >= 4 is 34.4 Å². The minimum Gasteiger partial charge on any atom is -0.368 e. The second-order valence-corrected chi connectivity index (χ2v) is 4.27. The van der Waals surface area contributed by atoms with Crippen molar-refractivity contribution in [2.24, 2.45) is 5.73 Å². The van der Waals surface area contributed by atoms with E-state index in [0.717, 1.165) is 3.57 Å². The van der Waals surface area contributed by atoms with Gasteiger partial charge in [0.2, 0.25) is 5.91 Å². The van der Waals surface area contributed by atoms with Crippen molar-refractivity contribution in [1.82, 2.24) is 4.90 Å². The van der Waals surface area contributed by atoms with Gasteiger partial charge in [0.25, 0.3) is 5.91 Å². The molecule has 0 atom stereocenters. The van der Waals surface area contributed by atoms with Crippen LogP contribution in [0.25, 0.3) is 0 Å². The van der Waals surface area contributed by atoms with Crippen LogP contribution in [-0.2, 0) is 4.79 Å². The Kier molecular flexibility index (Phi) is 4.07. The van der Waals surface area contributed by atoms with Crippen LogP contribution >= 0.6 is 22.6 Å². The third kappa shape index (κ3) is 3.19. The van der Waals surface area contributed by atoms with Crippen LogP contribution in [0.5, 0.6) is 0 Å². The van der Waals surface area contributed by atoms with E-state index < -0.39 is 5.91 Å². The van der Waals surface area contributed by atoms with E-state index in [0.29, 0.717) is 5.56 Å². The summed E-state index contributed by atoms with van der Waals surface area (Å²) in [5, 5.41) is 0. The Bertz CT molecular complexity index is 393. The van der Waals surface area contributed by atoms with Gasteiger partial charge in [-0.2, -0.15) is 0 Å². The molecule has 0 saturated carbocycles. The van der Waals surface area contributed by atoms with Gasteiger partial charge in [0.05, 0.1) is 12.1 Å². The van der Waals surface area contributed by atoms with Gasteiger partial charge < -0.3 is 10.6 Å². The number of nitrogens with two attached hydrogens (primary N) is 1. The molecule has 0 aliphatic heterocycles. The molecule has 15 heavy (non-hydrogen) atoms. The number of carbonyl (C=O) groups is 2. The van der Waals surface area contributed by atoms with Crippen molar-refractivity contribution in [1.29, 1.82) is 0 Å². The molecule has 0 radical (unpaired) electrons. The van der Waals surface area contributed by atoms with Crippen molar-refractivity contribution in [3.05, 3.63) is 33.4 Å². The van der Waals surface area contributed by atoms with E-state index in [4.69, 9.17) is 5.73 Å². The molecule has 0 aliphatic carbocycles. The van der Waals surface area contributed by atoms with Crippen LogP contribution in [-0.4, -0.2) is 30.3 Å². The summed E-state index contributed by atoms with van der Waals surface area (Å²) in [6.45, 7) is -0.0657. The lowest BCUT2D eigenvalue weighted by Crippen LogP contribution is -2.35. The minimum atomic E-state index is -0.517. The molecular formula is C10H11IN2O2. The highest BCUT2D eigenvalue weighted by Crippen LogP contribution is 2.13. The predicted molar refractivity (Wildman–Crippen MR) is 65.3 cm³/mol. The molecule has 1 aromatic carbocycles. The molecule has 1 rings (SSSR count). The van der Waals surface area contributed by atoms with Crippen molar-refractivity contribution in [3.63, 3.8) is 0 Å². The molecular weight excluding hydrogens is 307 g/mol. The molecule has 0 bridgehead atoms. The van der Waals surface area contributed by atoms with E-state index in [1.807, 2.05) is 12.1 Å². The normalized spacial score (nSPS) is 9.73. The zero-order valence-electron chi connectivity index (χ0n) is 8.24. The maximum atomic E-state index is 11.8. The number of amides is 2. The van der Waals surface area contributed by atoms with Crippen LogP contribution in [0.1, 0.15) is 10.4 Å². The fraction of sp³-hybridized carbons (Fsp3) is 0.200. The Balaban J connectivity index is 2.85. The Morgan fingerprint density at radius 1 is 1.40 bits per heavy atom. The average Bonchev–Trinajstić information content (AvgIpc) is 2.16. The Morgan fingerprint density at radius 2 is 2.00 bits per heavy atom. The second kappa shape index (κ2) is 5.11. The van der Waals surface area contributed by atoms with Crippen LogP contribution < -0.4 is 5.73 Å². The molecule has 0 heterocycles. The molecule has 4 nitrogen and oxygen atoms in total. The summed E-state index contributed by atoms with van der Waals surface area (Å²) in [4.78, 5) is 23.8. The third-order valence-corrected chi connectivity index (χ3v) is 2.78. The first-order valence-corrected chi connectivity index (χ1v) is 5.38. The number of nitrogens with zero attached hydrogens (tertiary/aromatic N) is 1. The molecule has 0 aromatic heterocycles. The lowest BCUT2D eigenvalue weighted by atomic mass is 10.2. The maximum absolute atomic E-state index is 11.8. The fourth-order valence-electron chi connectivity index (χ4n) is 1.15. The van der Waals surface area contributed by atoms with Crippen LogP contribution in [0.2, 0.25) is 0 Å². The summed E-state index contributed by atoms with van der Waals surface area (Å²) in [5.74, 6) is -0.712. The van der Waals surface area contributed by atoms with Crippen molar-refractivity contribution in [2.75, 3.05) is 13.6 Å². The number of halogens is 1. The zero-order valence-corrected chi connectivity index (χ0v) is 10.4. The topological polar surface area (TPSA) is 63.4 Å². The van der Waals surface area contributed by atoms with Gasteiger partial charge in [-0.3, -0.25) is 9.59 Å². The quantitative estimate of drug-likeness (QED) is 0.840. The summed E-state index contributed by atoms with van der Waals surface area (Å²) < 4.78 is 0.858. The van der Waals surface area contributed by atoms with E-state index in [-0.39, 0.29) is 12.5 Å². The summed E-state index contributed by atoms with van der Waals surface area (Å²) >= 11 is 2.08. The van der Waals surface area contributed by atoms with Crippen LogP contribution in [0.15, 0.2) is 24.3 Å². The average molecular weight is 318 g/mol. The van der Waals surface area contributed by atoms with Gasteiger partial charge in [-0.1, -0.05) is 12.1 Å². The Morgan fingerprint density at radius 3 is 2.53 bits per heavy atom. The van der Waals surface area contributed by atoms with E-state index in [2.05, 4.69) is 22.6 Å². The van der Waals surface area contributed by atoms with Crippen molar-refractivity contribution in [3.8, 4) is 0 Å². The number of hydrogen-bond acceptors (Lipinski definition) is 2. The van der Waals surface area contributed by atoms with E-state index >= 15 is 0 Å². The molecule has 0 fully saturated rings. The molecule has 0 saturated heterocycles. The van der Waals surface area contributed by atoms with E-state index in [9.17, 15) is 9.59 Å². The zero-order chi connectivity index (χ0) is 11.4. The molecule has 0 aliphatic rings. The summed E-state index contributed by atoms with van der Waals surface area (Å²) in [6, 6.07) is 7.20. The lowest BCUT2D eigenvalue weighted by Gasteiger charge is -2.15. The maximum Gasteiger partial charge on any atom is 0.255 e. The first-order valence-electron chi connectivity index (χ1n) is 4.30. The molecule has 5 heteroatoms. The Labute approximate surface area is 102 Å². The van der Waals surface area contributed by atoms with Gasteiger partial charge in [-0.15, -0.1) is 0 Å². The van der Waals surface area contributed by atoms with Gasteiger partial charge in [0, 0.05) is 10.6 Å². The molecule has 0 unspecified atom stereocenters. The van der Waals surface area contributed by atoms with Crippen LogP contribution in [0, 0.1) is 3.57 Å². The first-order chi connectivity index (χ1) is 7.02. The van der Waals surface area contributed by atoms with Crippen molar-refractivity contribution < 1.29 is 9.59 Å². The highest BCUT2D eigenvalue weighted by molar-refractivity contribution is 14.1. The van der Waals surface area contributed by atoms with Crippen LogP contribution in [0.4, 0.5) is 0 Å². The number of likely N-dealkylation sites (N-methyl/N-ethyl adjacent to an activating group) is 1. The minimum absolute atomic E-state index is 0.0657. The molecule has 2 N–H and O–H groups in total. The van der Waals surface area contributed by atoms with Gasteiger partial charge >= 0.3 is 0 Å². The van der Waals surface area contributed by atoms with Gasteiger partial charge in [-0.25, -0.2) is 0 Å². The summed E-state index contributed by atoms with van der Waals surface area (Å²) in [5.41, 5.74) is 5.60. The lowest BCUT2D eigenvalue weighted by molar-refractivity contribution is -0.118. The molecule has 80 valence electrons. The number of carbonyl (C=O) groups excluding carboxylic acids is 2. The third-order valence-electron chi connectivity index (χ3n) is 1.84. The van der Waals surface area contributed by atoms with Gasteiger partial charge in [0.1, 0.15) is 0 Å². The van der Waals surface area contributed by atoms with E-state index in [1.54, 1.807) is 19.2 Å². The first kappa shape index (κ1) is 12.0. The predicted octanol–water partition coefficient (Wildman–Crippen LogP) is 0.848. The monoisotopic (exact) mass is 318 g/mol.